The molecule has 0 spiro atoms. The first-order valence-electron chi connectivity index (χ1n) is 12.6. The fourth-order valence-corrected chi connectivity index (χ4v) is 5.57. The Labute approximate surface area is 237 Å². The maximum Gasteiger partial charge on any atom is 0.408 e. The summed E-state index contributed by atoms with van der Waals surface area (Å²) in [6.45, 7) is -0.105. The largest absolute Gasteiger partial charge is 0.497 e. The van der Waals surface area contributed by atoms with E-state index in [4.69, 9.17) is 14.2 Å². The zero-order valence-corrected chi connectivity index (χ0v) is 23.5. The van der Waals surface area contributed by atoms with E-state index in [1.807, 2.05) is 0 Å². The van der Waals surface area contributed by atoms with Gasteiger partial charge in [-0.15, -0.1) is 0 Å². The fraction of sp³-hybridized carbons (Fsp3) is 0.357. The van der Waals surface area contributed by atoms with E-state index in [9.17, 15) is 27.6 Å². The second-order valence-electron chi connectivity index (χ2n) is 9.52. The number of amides is 3. The molecule has 3 amide bonds. The maximum atomic E-state index is 13.4. The van der Waals surface area contributed by atoms with Gasteiger partial charge >= 0.3 is 12.1 Å². The van der Waals surface area contributed by atoms with Crippen LogP contribution < -0.4 is 14.8 Å². The van der Waals surface area contributed by atoms with E-state index in [1.165, 1.54) is 36.3 Å². The number of rotatable bonds is 8. The molecule has 12 nitrogen and oxygen atoms in total. The van der Waals surface area contributed by atoms with Crippen molar-refractivity contribution in [2.24, 2.45) is 0 Å². The minimum Gasteiger partial charge on any atom is -0.497 e. The van der Waals surface area contributed by atoms with Crippen LogP contribution in [0.25, 0.3) is 0 Å². The fourth-order valence-electron chi connectivity index (χ4n) is 4.27. The molecular weight excluding hydrogens is 554 g/mol. The molecule has 4 rings (SSSR count). The van der Waals surface area contributed by atoms with Gasteiger partial charge in [-0.25, -0.2) is 22.7 Å². The molecule has 1 atom stereocenters. The number of benzene rings is 2. The van der Waals surface area contributed by atoms with Crippen LogP contribution in [0, 0.1) is 11.8 Å². The topological polar surface area (TPSA) is 157 Å². The van der Waals surface area contributed by atoms with Crippen molar-refractivity contribution in [2.75, 3.05) is 34.4 Å². The van der Waals surface area contributed by atoms with Gasteiger partial charge in [0.05, 0.1) is 33.1 Å². The second kappa shape index (κ2) is 11.9. The lowest BCUT2D eigenvalue weighted by Crippen LogP contribution is -2.62. The molecule has 13 heteroatoms. The van der Waals surface area contributed by atoms with E-state index in [2.05, 4.69) is 21.9 Å². The molecule has 2 aromatic carbocycles. The molecule has 2 aliphatic rings. The Hall–Kier alpha value is -4.57. The van der Waals surface area contributed by atoms with Crippen molar-refractivity contribution >= 4 is 33.9 Å². The van der Waals surface area contributed by atoms with Crippen molar-refractivity contribution in [3.8, 4) is 17.6 Å². The van der Waals surface area contributed by atoms with Gasteiger partial charge in [0, 0.05) is 23.2 Å². The normalized spacial score (nSPS) is 15.8. The first-order valence-corrected chi connectivity index (χ1v) is 14.2. The van der Waals surface area contributed by atoms with Crippen LogP contribution in [-0.4, -0.2) is 82.4 Å². The van der Waals surface area contributed by atoms with Crippen molar-refractivity contribution in [2.45, 2.75) is 30.1 Å². The lowest BCUT2D eigenvalue weighted by atomic mass is 9.94. The molecule has 2 aromatic rings. The summed E-state index contributed by atoms with van der Waals surface area (Å²) in [4.78, 5) is 52.6. The van der Waals surface area contributed by atoms with Gasteiger partial charge in [0.15, 0.2) is 0 Å². The van der Waals surface area contributed by atoms with E-state index < -0.39 is 38.8 Å². The van der Waals surface area contributed by atoms with Crippen LogP contribution in [0.1, 0.15) is 44.7 Å². The minimum absolute atomic E-state index is 0.0969. The number of nitrogens with zero attached hydrogens (tertiary/aromatic N) is 1. The van der Waals surface area contributed by atoms with Crippen LogP contribution in [0.3, 0.4) is 0 Å². The number of carbonyl (C=O) groups is 4. The Morgan fingerprint density at radius 2 is 1.76 bits per heavy atom. The number of nitrogens with one attached hydrogen (secondary N) is 2. The van der Waals surface area contributed by atoms with Crippen molar-refractivity contribution in [3.05, 3.63) is 64.7 Å². The summed E-state index contributed by atoms with van der Waals surface area (Å²) in [5, 5.41) is 1.88. The molecule has 1 aliphatic heterocycles. The van der Waals surface area contributed by atoms with E-state index in [0.717, 1.165) is 19.8 Å². The van der Waals surface area contributed by atoms with Crippen LogP contribution in [0.15, 0.2) is 42.5 Å². The van der Waals surface area contributed by atoms with Crippen molar-refractivity contribution in [1.29, 1.82) is 0 Å². The molecule has 0 unspecified atom stereocenters. The highest BCUT2D eigenvalue weighted by molar-refractivity contribution is 7.91. The third-order valence-electron chi connectivity index (χ3n) is 6.71. The van der Waals surface area contributed by atoms with Gasteiger partial charge < -0.3 is 19.1 Å². The maximum absolute atomic E-state index is 13.4. The van der Waals surface area contributed by atoms with Crippen LogP contribution in [0.2, 0.25) is 0 Å². The van der Waals surface area contributed by atoms with Gasteiger partial charge in [-0.3, -0.25) is 14.9 Å². The molecule has 41 heavy (non-hydrogen) atoms. The number of carbonyl (C=O) groups excluding carboxylic acids is 4. The highest BCUT2D eigenvalue weighted by Gasteiger charge is 2.44. The molecule has 0 aromatic heterocycles. The number of esters is 1. The number of ether oxygens (including phenoxy) is 3. The average molecular weight is 584 g/mol. The lowest BCUT2D eigenvalue weighted by molar-refractivity contribution is -0.146. The van der Waals surface area contributed by atoms with Crippen molar-refractivity contribution in [3.63, 3.8) is 0 Å². The van der Waals surface area contributed by atoms with E-state index >= 15 is 0 Å². The summed E-state index contributed by atoms with van der Waals surface area (Å²) in [5.74, 6) is 3.93. The number of hydrogen-bond donors (Lipinski definition) is 2. The summed E-state index contributed by atoms with van der Waals surface area (Å²) in [5.41, 5.74) is -0.358. The first-order chi connectivity index (χ1) is 19.5. The highest BCUT2D eigenvalue weighted by Crippen LogP contribution is 2.28. The predicted molar refractivity (Wildman–Crippen MR) is 146 cm³/mol. The summed E-state index contributed by atoms with van der Waals surface area (Å²) < 4.78 is 41.1. The zero-order chi connectivity index (χ0) is 29.8. The van der Waals surface area contributed by atoms with Crippen LogP contribution in [0.4, 0.5) is 4.79 Å². The molecule has 1 fully saturated rings. The molecule has 1 saturated carbocycles. The van der Waals surface area contributed by atoms with E-state index in [0.29, 0.717) is 36.1 Å². The second-order valence-corrected chi connectivity index (χ2v) is 11.5. The van der Waals surface area contributed by atoms with Crippen LogP contribution in [0.5, 0.6) is 5.75 Å². The molecule has 2 N–H and O–H groups in total. The molecule has 0 saturated heterocycles. The number of methoxy groups -OCH3 is 3. The molecule has 0 radical (unpaired) electrons. The number of hydrogen-bond acceptors (Lipinski definition) is 9. The van der Waals surface area contributed by atoms with Gasteiger partial charge in [0.1, 0.15) is 5.75 Å². The Kier molecular flexibility index (Phi) is 8.53. The Morgan fingerprint density at radius 3 is 2.37 bits per heavy atom. The Bertz CT molecular complexity index is 1540. The number of fused-ring (bicyclic) bond motifs is 1. The monoisotopic (exact) mass is 583 g/mol. The third kappa shape index (κ3) is 6.60. The third-order valence-corrected chi connectivity index (χ3v) is 8.53. The van der Waals surface area contributed by atoms with Crippen LogP contribution in [-0.2, 0) is 30.7 Å². The van der Waals surface area contributed by atoms with E-state index in [1.54, 1.807) is 18.2 Å². The van der Waals surface area contributed by atoms with Gasteiger partial charge in [0.25, 0.3) is 11.8 Å². The van der Waals surface area contributed by atoms with Crippen molar-refractivity contribution < 1.29 is 41.8 Å². The van der Waals surface area contributed by atoms with Gasteiger partial charge in [-0.05, 0) is 61.2 Å². The average Bonchev–Trinajstić information content (AvgIpc) is 3.83. The Balaban J connectivity index is 1.62. The Morgan fingerprint density at radius 1 is 1.05 bits per heavy atom. The molecule has 1 heterocycles. The highest BCUT2D eigenvalue weighted by atomic mass is 32.2. The summed E-state index contributed by atoms with van der Waals surface area (Å²) in [6, 6.07) is 10.8. The SMILES string of the molecule is COC(=O)N[C@](C#Cc1ccc(C(=O)NS(=O)(=O)C2CC2)cc1)(CN1CCc2ccc(OC)cc2C1=O)C(=O)OC. The summed E-state index contributed by atoms with van der Waals surface area (Å²) >= 11 is 0. The van der Waals surface area contributed by atoms with Crippen LogP contribution >= 0.6 is 0 Å². The number of alkyl carbamates (subject to hydrolysis) is 1. The zero-order valence-electron chi connectivity index (χ0n) is 22.7. The van der Waals surface area contributed by atoms with Gasteiger partial charge in [-0.2, -0.15) is 0 Å². The molecule has 0 bridgehead atoms. The number of sulfonamides is 1. The first kappa shape index (κ1) is 29.4. The summed E-state index contributed by atoms with van der Waals surface area (Å²) in [6.07, 6.45) is 0.554. The quantitative estimate of drug-likeness (QED) is 0.345. The standard InChI is InChI=1S/C28H29N3O9S/c1-38-21-9-8-19-13-15-31(25(33)23(19)16-21)17-28(26(34)39-2,29-27(35)40-3)14-12-18-4-6-20(7-5-18)24(32)30-41(36,37)22-10-11-22/h4-9,16,22H,10-11,13,15,17H2,1-3H3,(H,29,35)(H,30,32)/t28-/m1/s1. The van der Waals surface area contributed by atoms with Gasteiger partial charge in [0.2, 0.25) is 15.6 Å². The summed E-state index contributed by atoms with van der Waals surface area (Å²) in [7, 11) is 0.0156. The lowest BCUT2D eigenvalue weighted by Gasteiger charge is -2.35. The predicted octanol–water partition coefficient (Wildman–Crippen LogP) is 1.24. The van der Waals surface area contributed by atoms with Gasteiger partial charge in [-0.1, -0.05) is 17.9 Å². The smallest absolute Gasteiger partial charge is 0.408 e. The minimum atomic E-state index is -3.71. The molecule has 1 aliphatic carbocycles. The van der Waals surface area contributed by atoms with E-state index in [-0.39, 0.29) is 24.6 Å². The molecular formula is C28H29N3O9S. The molecule has 216 valence electrons. The van der Waals surface area contributed by atoms with Crippen molar-refractivity contribution in [1.82, 2.24) is 14.9 Å².